The molecule has 2 rings (SSSR count). The minimum atomic E-state index is -4.21. The largest absolute Gasteiger partial charge is 0.493 e. The van der Waals surface area contributed by atoms with Crippen LogP contribution in [0.3, 0.4) is 0 Å². The van der Waals surface area contributed by atoms with E-state index >= 15 is 0 Å². The lowest BCUT2D eigenvalue weighted by atomic mass is 9.85. The average Bonchev–Trinajstić information content (AvgIpc) is 2.60. The van der Waals surface area contributed by atoms with Crippen LogP contribution in [0.25, 0.3) is 0 Å². The van der Waals surface area contributed by atoms with Gasteiger partial charge in [0.15, 0.2) is 11.5 Å². The Morgan fingerprint density at radius 2 is 1.81 bits per heavy atom. The van der Waals surface area contributed by atoms with Crippen LogP contribution < -0.4 is 19.5 Å². The van der Waals surface area contributed by atoms with Gasteiger partial charge in [0.05, 0.1) is 33.7 Å². The van der Waals surface area contributed by atoms with Crippen molar-refractivity contribution >= 4 is 5.91 Å². The lowest BCUT2D eigenvalue weighted by molar-refractivity contribution is -0.184. The van der Waals surface area contributed by atoms with E-state index in [-0.39, 0.29) is 25.2 Å². The molecule has 1 aliphatic rings. The first-order valence-electron chi connectivity index (χ1n) is 8.44. The van der Waals surface area contributed by atoms with Crippen molar-refractivity contribution < 1.29 is 32.2 Å². The van der Waals surface area contributed by atoms with Gasteiger partial charge in [-0.1, -0.05) is 12.5 Å². The molecule has 0 aromatic heterocycles. The number of hydrogen-bond acceptors (Lipinski definition) is 4. The highest BCUT2D eigenvalue weighted by atomic mass is 19.4. The van der Waals surface area contributed by atoms with Crippen LogP contribution in [-0.4, -0.2) is 39.5 Å². The van der Waals surface area contributed by atoms with E-state index in [1.54, 1.807) is 12.1 Å². The number of rotatable bonds is 6. The van der Waals surface area contributed by atoms with Crippen molar-refractivity contribution in [2.75, 3.05) is 21.3 Å². The van der Waals surface area contributed by atoms with E-state index in [0.29, 0.717) is 35.7 Å². The third-order valence-corrected chi connectivity index (χ3v) is 4.64. The van der Waals surface area contributed by atoms with Crippen molar-refractivity contribution in [2.24, 2.45) is 5.92 Å². The molecule has 0 saturated heterocycles. The van der Waals surface area contributed by atoms with E-state index < -0.39 is 18.1 Å². The highest BCUT2D eigenvalue weighted by Crippen LogP contribution is 2.40. The molecule has 1 aliphatic carbocycles. The van der Waals surface area contributed by atoms with Gasteiger partial charge in [0.1, 0.15) is 0 Å². The molecule has 1 saturated carbocycles. The number of nitrogens with one attached hydrogen (secondary N) is 1. The summed E-state index contributed by atoms with van der Waals surface area (Å²) in [6.45, 7) is 0. The summed E-state index contributed by atoms with van der Waals surface area (Å²) < 4.78 is 54.5. The van der Waals surface area contributed by atoms with Crippen molar-refractivity contribution in [1.29, 1.82) is 0 Å². The molecule has 2 atom stereocenters. The minimum Gasteiger partial charge on any atom is -0.493 e. The zero-order chi connectivity index (χ0) is 19.3. The second-order valence-electron chi connectivity index (χ2n) is 6.34. The van der Waals surface area contributed by atoms with E-state index in [1.807, 2.05) is 0 Å². The standard InChI is InChI=1S/C18H24F3NO4/c1-24-14-8-7-11(16(25-2)17(14)26-3)9-15(23)22-13-6-4-5-12(10-13)18(19,20)21/h7-8,12-13H,4-6,9-10H2,1-3H3,(H,22,23)/t12-,13-/m0/s1. The Bertz CT molecular complexity index is 634. The number of amides is 1. The Kier molecular flexibility index (Phi) is 6.61. The lowest BCUT2D eigenvalue weighted by Gasteiger charge is -2.31. The monoisotopic (exact) mass is 375 g/mol. The van der Waals surface area contributed by atoms with E-state index in [0.717, 1.165) is 0 Å². The molecular formula is C18H24F3NO4. The Morgan fingerprint density at radius 1 is 1.12 bits per heavy atom. The highest BCUT2D eigenvalue weighted by molar-refractivity contribution is 5.80. The maximum absolute atomic E-state index is 12.9. The van der Waals surface area contributed by atoms with Crippen LogP contribution in [0.4, 0.5) is 13.2 Å². The van der Waals surface area contributed by atoms with Crippen LogP contribution in [-0.2, 0) is 11.2 Å². The Balaban J connectivity index is 2.06. The molecule has 146 valence electrons. The molecular weight excluding hydrogens is 351 g/mol. The number of carbonyl (C=O) groups is 1. The molecule has 0 aliphatic heterocycles. The van der Waals surface area contributed by atoms with Gasteiger partial charge < -0.3 is 19.5 Å². The topological polar surface area (TPSA) is 56.8 Å². The third kappa shape index (κ3) is 4.74. The predicted octanol–water partition coefficient (Wildman–Crippen LogP) is 3.49. The molecule has 0 unspecified atom stereocenters. The van der Waals surface area contributed by atoms with Crippen molar-refractivity contribution in [2.45, 2.75) is 44.3 Å². The third-order valence-electron chi connectivity index (χ3n) is 4.64. The quantitative estimate of drug-likeness (QED) is 0.827. The van der Waals surface area contributed by atoms with Crippen molar-refractivity contribution in [3.8, 4) is 17.2 Å². The molecule has 1 aromatic rings. The number of hydrogen-bond donors (Lipinski definition) is 1. The van der Waals surface area contributed by atoms with Gasteiger partial charge >= 0.3 is 6.18 Å². The minimum absolute atomic E-state index is 0.0172. The molecule has 1 fully saturated rings. The van der Waals surface area contributed by atoms with E-state index in [4.69, 9.17) is 14.2 Å². The summed E-state index contributed by atoms with van der Waals surface area (Å²) in [5, 5.41) is 2.72. The van der Waals surface area contributed by atoms with Gasteiger partial charge in [0, 0.05) is 11.6 Å². The number of alkyl halides is 3. The SMILES string of the molecule is COc1ccc(CC(=O)N[C@H]2CCC[C@H](C(F)(F)F)C2)c(OC)c1OC. The van der Waals surface area contributed by atoms with Gasteiger partial charge in [-0.3, -0.25) is 4.79 Å². The van der Waals surface area contributed by atoms with Gasteiger partial charge in [-0.25, -0.2) is 0 Å². The van der Waals surface area contributed by atoms with Crippen LogP contribution in [0.1, 0.15) is 31.2 Å². The van der Waals surface area contributed by atoms with Crippen LogP contribution in [0.5, 0.6) is 17.2 Å². The zero-order valence-electron chi connectivity index (χ0n) is 15.1. The number of halogens is 3. The van der Waals surface area contributed by atoms with Crippen LogP contribution >= 0.6 is 0 Å². The number of ether oxygens (including phenoxy) is 3. The summed E-state index contributed by atoms with van der Waals surface area (Å²) in [6.07, 6.45) is -3.17. The van der Waals surface area contributed by atoms with Gasteiger partial charge in [0.25, 0.3) is 0 Å². The fourth-order valence-corrected chi connectivity index (χ4v) is 3.37. The summed E-state index contributed by atoms with van der Waals surface area (Å²) in [7, 11) is 4.40. The summed E-state index contributed by atoms with van der Waals surface area (Å²) in [4.78, 5) is 12.3. The van der Waals surface area contributed by atoms with Gasteiger partial charge in [-0.05, 0) is 25.3 Å². The van der Waals surface area contributed by atoms with Gasteiger partial charge in [-0.15, -0.1) is 0 Å². The Labute approximate surface area is 150 Å². The van der Waals surface area contributed by atoms with Crippen molar-refractivity contribution in [3.05, 3.63) is 17.7 Å². The van der Waals surface area contributed by atoms with Gasteiger partial charge in [-0.2, -0.15) is 13.2 Å². The van der Waals surface area contributed by atoms with Gasteiger partial charge in [0.2, 0.25) is 11.7 Å². The molecule has 0 spiro atoms. The molecule has 0 bridgehead atoms. The first kappa shape index (κ1) is 20.2. The molecule has 1 aromatic carbocycles. The van der Waals surface area contributed by atoms with Crippen molar-refractivity contribution in [3.63, 3.8) is 0 Å². The summed E-state index contributed by atoms with van der Waals surface area (Å²) in [5.74, 6) is -0.483. The molecule has 5 nitrogen and oxygen atoms in total. The fraction of sp³-hybridized carbons (Fsp3) is 0.611. The molecule has 1 N–H and O–H groups in total. The zero-order valence-corrected chi connectivity index (χ0v) is 15.1. The molecule has 0 radical (unpaired) electrons. The summed E-state index contributed by atoms with van der Waals surface area (Å²) in [5.41, 5.74) is 0.575. The van der Waals surface area contributed by atoms with Crippen LogP contribution in [0.15, 0.2) is 12.1 Å². The molecule has 26 heavy (non-hydrogen) atoms. The fourth-order valence-electron chi connectivity index (χ4n) is 3.37. The molecule has 8 heteroatoms. The molecule has 0 heterocycles. The van der Waals surface area contributed by atoms with Crippen LogP contribution in [0, 0.1) is 5.92 Å². The maximum Gasteiger partial charge on any atom is 0.391 e. The Hall–Kier alpha value is -2.12. The normalized spacial score (nSPS) is 20.4. The number of benzene rings is 1. The highest BCUT2D eigenvalue weighted by Gasteiger charge is 2.42. The van der Waals surface area contributed by atoms with E-state index in [1.165, 1.54) is 21.3 Å². The second kappa shape index (κ2) is 8.51. The number of methoxy groups -OCH3 is 3. The second-order valence-corrected chi connectivity index (χ2v) is 6.34. The number of carbonyl (C=O) groups excluding carboxylic acids is 1. The molecule has 1 amide bonds. The first-order valence-corrected chi connectivity index (χ1v) is 8.44. The van der Waals surface area contributed by atoms with E-state index in [9.17, 15) is 18.0 Å². The van der Waals surface area contributed by atoms with Crippen molar-refractivity contribution in [1.82, 2.24) is 5.32 Å². The Morgan fingerprint density at radius 3 is 2.38 bits per heavy atom. The average molecular weight is 375 g/mol. The van der Waals surface area contributed by atoms with E-state index in [2.05, 4.69) is 5.32 Å². The smallest absolute Gasteiger partial charge is 0.391 e. The summed E-state index contributed by atoms with van der Waals surface area (Å²) in [6, 6.07) is 2.87. The predicted molar refractivity (Wildman–Crippen MR) is 89.7 cm³/mol. The maximum atomic E-state index is 12.9. The lowest BCUT2D eigenvalue weighted by Crippen LogP contribution is -2.42. The summed E-state index contributed by atoms with van der Waals surface area (Å²) >= 11 is 0. The first-order chi connectivity index (χ1) is 12.3. The van der Waals surface area contributed by atoms with Crippen LogP contribution in [0.2, 0.25) is 0 Å².